The van der Waals surface area contributed by atoms with Gasteiger partial charge in [0, 0.05) is 6.42 Å². The van der Waals surface area contributed by atoms with Crippen LogP contribution in [0.5, 0.6) is 0 Å². The first-order valence-corrected chi connectivity index (χ1v) is 21.4. The minimum absolute atomic E-state index is 0.0371. The molecule has 1 amide bonds. The van der Waals surface area contributed by atoms with Crippen molar-refractivity contribution < 1.29 is 15.0 Å². The third-order valence-electron chi connectivity index (χ3n) is 10.0. The summed E-state index contributed by atoms with van der Waals surface area (Å²) in [5, 5.41) is 23.1. The van der Waals surface area contributed by atoms with Gasteiger partial charge in [-0.2, -0.15) is 0 Å². The Balaban J connectivity index is 3.53. The summed E-state index contributed by atoms with van der Waals surface area (Å²) in [6.45, 7) is 4.36. The van der Waals surface area contributed by atoms with Gasteiger partial charge in [0.05, 0.1) is 18.8 Å². The Bertz CT molecular complexity index is 637. The van der Waals surface area contributed by atoms with Crippen LogP contribution in [0.15, 0.2) is 12.2 Å². The predicted octanol–water partition coefficient (Wildman–Crippen LogP) is 13.1. The number of hydrogen-bond donors (Lipinski definition) is 3. The molecule has 0 aliphatic rings. The summed E-state index contributed by atoms with van der Waals surface area (Å²) in [5.74, 6) is -0.0371. The van der Waals surface area contributed by atoms with Crippen LogP contribution < -0.4 is 5.32 Å². The molecule has 47 heavy (non-hydrogen) atoms. The van der Waals surface area contributed by atoms with Gasteiger partial charge in [0.25, 0.3) is 0 Å². The molecule has 0 spiro atoms. The highest BCUT2D eigenvalue weighted by Crippen LogP contribution is 2.16. The Morgan fingerprint density at radius 3 is 1.17 bits per heavy atom. The zero-order chi connectivity index (χ0) is 34.3. The van der Waals surface area contributed by atoms with Crippen molar-refractivity contribution in [2.75, 3.05) is 6.61 Å². The Hall–Kier alpha value is -0.870. The second-order valence-corrected chi connectivity index (χ2v) is 14.8. The van der Waals surface area contributed by atoms with Gasteiger partial charge in [-0.05, 0) is 38.5 Å². The molecule has 0 aromatic rings. The van der Waals surface area contributed by atoms with Crippen LogP contribution in [0.25, 0.3) is 0 Å². The minimum Gasteiger partial charge on any atom is -0.394 e. The molecule has 0 saturated carbocycles. The third-order valence-corrected chi connectivity index (χ3v) is 10.0. The van der Waals surface area contributed by atoms with Crippen LogP contribution in [-0.4, -0.2) is 34.9 Å². The first kappa shape index (κ1) is 46.1. The zero-order valence-corrected chi connectivity index (χ0v) is 32.1. The van der Waals surface area contributed by atoms with Gasteiger partial charge < -0.3 is 15.5 Å². The molecule has 0 rings (SSSR count). The number of amides is 1. The van der Waals surface area contributed by atoms with E-state index in [9.17, 15) is 15.0 Å². The topological polar surface area (TPSA) is 69.6 Å². The molecular weight excluding hydrogens is 578 g/mol. The maximum atomic E-state index is 12.4. The van der Waals surface area contributed by atoms with Crippen molar-refractivity contribution in [2.45, 2.75) is 251 Å². The van der Waals surface area contributed by atoms with Crippen LogP contribution in [0, 0.1) is 0 Å². The van der Waals surface area contributed by atoms with Gasteiger partial charge in [0.2, 0.25) is 5.91 Å². The molecule has 4 nitrogen and oxygen atoms in total. The Kier molecular flexibility index (Phi) is 38.8. The highest BCUT2D eigenvalue weighted by molar-refractivity contribution is 5.76. The number of aliphatic hydroxyl groups excluding tert-OH is 2. The van der Waals surface area contributed by atoms with Crippen LogP contribution in [0.4, 0.5) is 0 Å². The SMILES string of the molecule is CCCCCCCCCCCCC/C=C/CCCC[C@@H](O)[C@H](CO)NC(=O)CCCCCCCCCCCCCCCCCCCC. The van der Waals surface area contributed by atoms with Gasteiger partial charge in [-0.1, -0.05) is 206 Å². The van der Waals surface area contributed by atoms with Crippen LogP contribution in [0.1, 0.15) is 239 Å². The van der Waals surface area contributed by atoms with E-state index < -0.39 is 12.1 Å². The molecule has 0 aromatic carbocycles. The van der Waals surface area contributed by atoms with Crippen molar-refractivity contribution in [1.82, 2.24) is 5.32 Å². The lowest BCUT2D eigenvalue weighted by atomic mass is 10.0. The monoisotopic (exact) mass is 664 g/mol. The lowest BCUT2D eigenvalue weighted by Gasteiger charge is -2.22. The molecule has 0 heterocycles. The van der Waals surface area contributed by atoms with Crippen molar-refractivity contribution in [3.05, 3.63) is 12.2 Å². The number of carbonyl (C=O) groups is 1. The van der Waals surface area contributed by atoms with E-state index in [0.717, 1.165) is 32.1 Å². The molecule has 0 aromatic heterocycles. The largest absolute Gasteiger partial charge is 0.394 e. The number of rotatable bonds is 39. The van der Waals surface area contributed by atoms with Crippen LogP contribution in [0.3, 0.4) is 0 Å². The van der Waals surface area contributed by atoms with Gasteiger partial charge in [0.15, 0.2) is 0 Å². The smallest absolute Gasteiger partial charge is 0.220 e. The minimum atomic E-state index is -0.676. The molecule has 4 heteroatoms. The number of hydrogen-bond acceptors (Lipinski definition) is 3. The Labute approximate surface area is 295 Å². The summed E-state index contributed by atoms with van der Waals surface area (Å²) in [6, 6.07) is -0.547. The summed E-state index contributed by atoms with van der Waals surface area (Å²) in [6.07, 6.45) is 48.5. The van der Waals surface area contributed by atoms with Crippen molar-refractivity contribution in [3.63, 3.8) is 0 Å². The standard InChI is InChI=1S/C43H85NO3/c1-3-5-7-9-11-13-15-17-19-21-23-25-27-29-31-33-35-37-39-43(47)44-41(40-45)42(46)38-36-34-32-30-28-26-24-22-20-18-16-14-12-10-8-6-4-2/h28,30,41-42,45-46H,3-27,29,31-40H2,1-2H3,(H,44,47)/b30-28+/t41-,42+/m0/s1. The highest BCUT2D eigenvalue weighted by atomic mass is 16.3. The van der Waals surface area contributed by atoms with E-state index in [-0.39, 0.29) is 12.5 Å². The highest BCUT2D eigenvalue weighted by Gasteiger charge is 2.19. The summed E-state index contributed by atoms with van der Waals surface area (Å²) in [4.78, 5) is 12.4. The summed E-state index contributed by atoms with van der Waals surface area (Å²) in [7, 11) is 0. The molecule has 280 valence electrons. The van der Waals surface area contributed by atoms with Gasteiger partial charge in [-0.25, -0.2) is 0 Å². The van der Waals surface area contributed by atoms with E-state index in [4.69, 9.17) is 0 Å². The van der Waals surface area contributed by atoms with E-state index in [1.165, 1.54) is 180 Å². The number of aliphatic hydroxyl groups is 2. The summed E-state index contributed by atoms with van der Waals surface area (Å²) < 4.78 is 0. The second-order valence-electron chi connectivity index (χ2n) is 14.8. The van der Waals surface area contributed by atoms with Gasteiger partial charge in [-0.3, -0.25) is 4.79 Å². The molecule has 0 aliphatic carbocycles. The molecular formula is C43H85NO3. The Morgan fingerprint density at radius 2 is 0.809 bits per heavy atom. The van der Waals surface area contributed by atoms with Gasteiger partial charge in [0.1, 0.15) is 0 Å². The molecule has 0 saturated heterocycles. The van der Waals surface area contributed by atoms with E-state index in [1.807, 2.05) is 0 Å². The van der Waals surface area contributed by atoms with Crippen molar-refractivity contribution in [3.8, 4) is 0 Å². The van der Waals surface area contributed by atoms with E-state index in [2.05, 4.69) is 31.3 Å². The van der Waals surface area contributed by atoms with Crippen molar-refractivity contribution in [2.24, 2.45) is 0 Å². The lowest BCUT2D eigenvalue weighted by Crippen LogP contribution is -2.45. The number of carbonyl (C=O) groups excluding carboxylic acids is 1. The fraction of sp³-hybridized carbons (Fsp3) is 0.930. The Morgan fingerprint density at radius 1 is 0.489 bits per heavy atom. The van der Waals surface area contributed by atoms with Crippen LogP contribution in [-0.2, 0) is 4.79 Å². The fourth-order valence-corrected chi connectivity index (χ4v) is 6.71. The average molecular weight is 664 g/mol. The first-order valence-electron chi connectivity index (χ1n) is 21.4. The fourth-order valence-electron chi connectivity index (χ4n) is 6.71. The third kappa shape index (κ3) is 36.2. The van der Waals surface area contributed by atoms with Crippen LogP contribution >= 0.6 is 0 Å². The summed E-state index contributed by atoms with van der Waals surface area (Å²) >= 11 is 0. The average Bonchev–Trinajstić information content (AvgIpc) is 3.07. The molecule has 2 atom stereocenters. The van der Waals surface area contributed by atoms with Crippen molar-refractivity contribution in [1.29, 1.82) is 0 Å². The molecule has 0 radical (unpaired) electrons. The molecule has 0 bridgehead atoms. The first-order chi connectivity index (χ1) is 23.2. The molecule has 0 unspecified atom stereocenters. The molecule has 3 N–H and O–H groups in total. The number of allylic oxidation sites excluding steroid dienone is 2. The normalized spacial score (nSPS) is 13.0. The van der Waals surface area contributed by atoms with E-state index in [0.29, 0.717) is 12.8 Å². The summed E-state index contributed by atoms with van der Waals surface area (Å²) in [5.41, 5.74) is 0. The lowest BCUT2D eigenvalue weighted by molar-refractivity contribution is -0.123. The molecule has 0 fully saturated rings. The van der Waals surface area contributed by atoms with Gasteiger partial charge in [-0.15, -0.1) is 0 Å². The maximum Gasteiger partial charge on any atom is 0.220 e. The maximum absolute atomic E-state index is 12.4. The zero-order valence-electron chi connectivity index (χ0n) is 32.1. The molecule has 0 aliphatic heterocycles. The van der Waals surface area contributed by atoms with E-state index in [1.54, 1.807) is 0 Å². The van der Waals surface area contributed by atoms with E-state index >= 15 is 0 Å². The van der Waals surface area contributed by atoms with Crippen molar-refractivity contribution >= 4 is 5.91 Å². The number of unbranched alkanes of at least 4 members (excludes halogenated alkanes) is 30. The predicted molar refractivity (Wildman–Crippen MR) is 207 cm³/mol. The quantitative estimate of drug-likeness (QED) is 0.0453. The van der Waals surface area contributed by atoms with Gasteiger partial charge >= 0.3 is 0 Å². The second kappa shape index (κ2) is 39.6. The van der Waals surface area contributed by atoms with Crippen LogP contribution in [0.2, 0.25) is 0 Å². The number of nitrogens with one attached hydrogen (secondary N) is 1.